The topological polar surface area (TPSA) is 46.6 Å². The summed E-state index contributed by atoms with van der Waals surface area (Å²) in [6, 6.07) is 11.8. The molecule has 6 heteroatoms. The lowest BCUT2D eigenvalue weighted by atomic mass is 9.85. The minimum Gasteiger partial charge on any atom is -0.456 e. The lowest BCUT2D eigenvalue weighted by molar-refractivity contribution is -0.122. The number of halogens is 2. The van der Waals surface area contributed by atoms with Crippen LogP contribution in [0.1, 0.15) is 12.8 Å². The van der Waals surface area contributed by atoms with E-state index in [1.807, 2.05) is 12.2 Å². The van der Waals surface area contributed by atoms with Gasteiger partial charge in [0, 0.05) is 5.02 Å². The summed E-state index contributed by atoms with van der Waals surface area (Å²) < 4.78 is 5.74. The zero-order valence-electron chi connectivity index (χ0n) is 13.7. The van der Waals surface area contributed by atoms with E-state index in [1.54, 1.807) is 42.5 Å². The number of rotatable bonds is 3. The first kappa shape index (κ1) is 17.1. The molecular formula is C20H15Cl2NO3. The molecule has 0 N–H and O–H groups in total. The van der Waals surface area contributed by atoms with Crippen LogP contribution in [0.3, 0.4) is 0 Å². The number of allylic oxidation sites excluding steroid dienone is 2. The monoisotopic (exact) mass is 387 g/mol. The van der Waals surface area contributed by atoms with Crippen LogP contribution < -0.4 is 9.64 Å². The van der Waals surface area contributed by atoms with Gasteiger partial charge < -0.3 is 4.74 Å². The van der Waals surface area contributed by atoms with Gasteiger partial charge >= 0.3 is 0 Å². The molecule has 0 saturated carbocycles. The van der Waals surface area contributed by atoms with E-state index < -0.39 is 0 Å². The third-order valence-electron chi connectivity index (χ3n) is 4.72. The normalized spacial score (nSPS) is 21.8. The molecule has 0 bridgehead atoms. The number of imide groups is 1. The first-order valence-electron chi connectivity index (χ1n) is 8.30. The number of nitrogens with zero attached hydrogens (tertiary/aromatic N) is 1. The van der Waals surface area contributed by atoms with E-state index >= 15 is 0 Å². The molecule has 1 aliphatic carbocycles. The van der Waals surface area contributed by atoms with Gasteiger partial charge in [-0.3, -0.25) is 14.5 Å². The molecule has 1 heterocycles. The number of carbonyl (C=O) groups is 2. The average Bonchev–Trinajstić information content (AvgIpc) is 2.90. The van der Waals surface area contributed by atoms with Crippen molar-refractivity contribution in [3.05, 3.63) is 64.7 Å². The fourth-order valence-corrected chi connectivity index (χ4v) is 3.85. The summed E-state index contributed by atoms with van der Waals surface area (Å²) in [7, 11) is 0. The van der Waals surface area contributed by atoms with Crippen molar-refractivity contribution in [1.82, 2.24) is 0 Å². The molecule has 132 valence electrons. The number of anilines is 1. The second-order valence-corrected chi connectivity index (χ2v) is 7.18. The Bertz CT molecular complexity index is 882. The van der Waals surface area contributed by atoms with Crippen LogP contribution in [0.5, 0.6) is 11.5 Å². The number of hydrogen-bond donors (Lipinski definition) is 0. The van der Waals surface area contributed by atoms with Crippen LogP contribution in [0, 0.1) is 11.8 Å². The predicted octanol–water partition coefficient (Wildman–Crippen LogP) is 5.24. The van der Waals surface area contributed by atoms with Gasteiger partial charge in [-0.2, -0.15) is 0 Å². The van der Waals surface area contributed by atoms with Crippen molar-refractivity contribution in [2.24, 2.45) is 11.8 Å². The van der Waals surface area contributed by atoms with Gasteiger partial charge in [-0.1, -0.05) is 35.4 Å². The van der Waals surface area contributed by atoms with Crippen molar-refractivity contribution in [3.8, 4) is 11.5 Å². The summed E-state index contributed by atoms with van der Waals surface area (Å²) in [5.41, 5.74) is 0.559. The summed E-state index contributed by atoms with van der Waals surface area (Å²) in [4.78, 5) is 26.5. The van der Waals surface area contributed by atoms with Crippen LogP contribution in [0.4, 0.5) is 5.69 Å². The summed E-state index contributed by atoms with van der Waals surface area (Å²) in [6.07, 6.45) is 5.20. The van der Waals surface area contributed by atoms with Gasteiger partial charge in [0.15, 0.2) is 0 Å². The molecule has 2 aromatic carbocycles. The highest BCUT2D eigenvalue weighted by atomic mass is 35.5. The van der Waals surface area contributed by atoms with E-state index in [9.17, 15) is 9.59 Å². The fraction of sp³-hybridized carbons (Fsp3) is 0.200. The molecule has 1 aliphatic heterocycles. The number of fused-ring (bicyclic) bond motifs is 1. The molecule has 0 radical (unpaired) electrons. The largest absolute Gasteiger partial charge is 0.456 e. The number of benzene rings is 2. The molecular weight excluding hydrogens is 373 g/mol. The van der Waals surface area contributed by atoms with Crippen molar-refractivity contribution in [2.75, 3.05) is 4.90 Å². The quantitative estimate of drug-likeness (QED) is 0.534. The number of carbonyl (C=O) groups excluding carboxylic acids is 2. The van der Waals surface area contributed by atoms with Gasteiger partial charge in [-0.15, -0.1) is 0 Å². The first-order chi connectivity index (χ1) is 12.5. The average molecular weight is 388 g/mol. The van der Waals surface area contributed by atoms with Gasteiger partial charge in [0.1, 0.15) is 11.5 Å². The van der Waals surface area contributed by atoms with Crippen LogP contribution in [-0.4, -0.2) is 11.8 Å². The zero-order valence-corrected chi connectivity index (χ0v) is 15.2. The smallest absolute Gasteiger partial charge is 0.238 e. The molecule has 0 spiro atoms. The maximum atomic E-state index is 12.6. The van der Waals surface area contributed by atoms with Crippen molar-refractivity contribution in [2.45, 2.75) is 12.8 Å². The second kappa shape index (κ2) is 6.78. The minimum absolute atomic E-state index is 0.126. The van der Waals surface area contributed by atoms with E-state index in [1.165, 1.54) is 4.90 Å². The van der Waals surface area contributed by atoms with Crippen LogP contribution >= 0.6 is 23.2 Å². The zero-order chi connectivity index (χ0) is 18.3. The maximum Gasteiger partial charge on any atom is 0.238 e. The van der Waals surface area contributed by atoms with Crippen LogP contribution in [-0.2, 0) is 9.59 Å². The Hall–Kier alpha value is -2.30. The Morgan fingerprint density at radius 1 is 0.885 bits per heavy atom. The Morgan fingerprint density at radius 3 is 2.08 bits per heavy atom. The molecule has 4 nitrogen and oxygen atoms in total. The van der Waals surface area contributed by atoms with E-state index in [4.69, 9.17) is 27.9 Å². The lowest BCUT2D eigenvalue weighted by Crippen LogP contribution is -2.30. The Kier molecular flexibility index (Phi) is 4.47. The second-order valence-electron chi connectivity index (χ2n) is 6.34. The molecule has 4 rings (SSSR count). The van der Waals surface area contributed by atoms with Crippen LogP contribution in [0.2, 0.25) is 10.0 Å². The highest BCUT2D eigenvalue weighted by molar-refractivity contribution is 6.35. The van der Waals surface area contributed by atoms with Crippen molar-refractivity contribution in [1.29, 1.82) is 0 Å². The maximum absolute atomic E-state index is 12.6. The Labute approximate surface area is 161 Å². The minimum atomic E-state index is -0.240. The molecule has 2 atom stereocenters. The number of ether oxygens (including phenoxy) is 1. The highest BCUT2D eigenvalue weighted by Gasteiger charge is 2.47. The van der Waals surface area contributed by atoms with Gasteiger partial charge in [0.05, 0.1) is 22.5 Å². The summed E-state index contributed by atoms with van der Waals surface area (Å²) in [5, 5.41) is 0.933. The lowest BCUT2D eigenvalue weighted by Gasteiger charge is -2.15. The summed E-state index contributed by atoms with van der Waals surface area (Å²) >= 11 is 12.0. The van der Waals surface area contributed by atoms with E-state index in [0.717, 1.165) is 0 Å². The molecule has 0 unspecified atom stereocenters. The summed E-state index contributed by atoms with van der Waals surface area (Å²) in [6.45, 7) is 0. The molecule has 1 saturated heterocycles. The van der Waals surface area contributed by atoms with E-state index in [2.05, 4.69) is 0 Å². The fourth-order valence-electron chi connectivity index (χ4n) is 3.40. The summed E-state index contributed by atoms with van der Waals surface area (Å²) in [5.74, 6) is 0.301. The van der Waals surface area contributed by atoms with Crippen LogP contribution in [0.25, 0.3) is 0 Å². The highest BCUT2D eigenvalue weighted by Crippen LogP contribution is 2.38. The number of amides is 2. The van der Waals surface area contributed by atoms with E-state index in [-0.39, 0.29) is 23.7 Å². The van der Waals surface area contributed by atoms with Gasteiger partial charge in [-0.25, -0.2) is 0 Å². The molecule has 2 aromatic rings. The van der Waals surface area contributed by atoms with Crippen molar-refractivity contribution in [3.63, 3.8) is 0 Å². The molecule has 0 aromatic heterocycles. The molecule has 1 fully saturated rings. The predicted molar refractivity (Wildman–Crippen MR) is 101 cm³/mol. The Morgan fingerprint density at radius 2 is 1.50 bits per heavy atom. The Balaban J connectivity index is 1.54. The van der Waals surface area contributed by atoms with Crippen molar-refractivity contribution < 1.29 is 14.3 Å². The van der Waals surface area contributed by atoms with E-state index in [0.29, 0.717) is 40.1 Å². The standard InChI is InChI=1S/C20H15Cl2NO3/c21-12-5-10-18(17(22)11-12)26-14-8-6-13(7-9-14)23-19(24)15-3-1-2-4-16(15)20(23)25/h1-2,5-11,15-16H,3-4H2/t15-,16+. The number of hydrogen-bond acceptors (Lipinski definition) is 3. The molecule has 2 aliphatic rings. The molecule has 26 heavy (non-hydrogen) atoms. The van der Waals surface area contributed by atoms with Crippen LogP contribution in [0.15, 0.2) is 54.6 Å². The first-order valence-corrected chi connectivity index (χ1v) is 9.06. The third kappa shape index (κ3) is 3.00. The SMILES string of the molecule is O=C1[C@H]2CC=CC[C@H]2C(=O)N1c1ccc(Oc2ccc(Cl)cc2Cl)cc1. The van der Waals surface area contributed by atoms with Crippen molar-refractivity contribution >= 4 is 40.7 Å². The third-order valence-corrected chi connectivity index (χ3v) is 5.25. The molecule has 2 amide bonds. The van der Waals surface area contributed by atoms with Gasteiger partial charge in [0.2, 0.25) is 11.8 Å². The van der Waals surface area contributed by atoms with Gasteiger partial charge in [-0.05, 0) is 55.3 Å². The van der Waals surface area contributed by atoms with Gasteiger partial charge in [0.25, 0.3) is 0 Å².